The first-order valence-electron chi connectivity index (χ1n) is 12.9. The summed E-state index contributed by atoms with van der Waals surface area (Å²) in [5.74, 6) is 1.07. The van der Waals surface area contributed by atoms with Crippen LogP contribution in [0.3, 0.4) is 0 Å². The first kappa shape index (κ1) is 26.7. The lowest BCUT2D eigenvalue weighted by molar-refractivity contribution is -0.126. The Kier molecular flexibility index (Phi) is 8.17. The van der Waals surface area contributed by atoms with Crippen molar-refractivity contribution in [2.24, 2.45) is 0 Å². The second-order valence-electron chi connectivity index (χ2n) is 9.55. The Hall–Kier alpha value is -3.39. The molecular weight excluding hydrogens is 488 g/mol. The number of aromatic nitrogens is 3. The second-order valence-corrected chi connectivity index (χ2v) is 9.96. The Morgan fingerprint density at radius 3 is 2.65 bits per heavy atom. The molecule has 1 aromatic carbocycles. The zero-order valence-corrected chi connectivity index (χ0v) is 22.8. The van der Waals surface area contributed by atoms with Gasteiger partial charge in [-0.05, 0) is 43.5 Å². The maximum atomic E-state index is 13.7. The number of hydrogen-bond acceptors (Lipinski definition) is 6. The summed E-state index contributed by atoms with van der Waals surface area (Å²) in [5, 5.41) is 1.21. The highest BCUT2D eigenvalue weighted by molar-refractivity contribution is 6.33. The number of pyridine rings is 1. The van der Waals surface area contributed by atoms with Gasteiger partial charge in [-0.3, -0.25) is 4.79 Å². The Morgan fingerprint density at radius 1 is 1.22 bits per heavy atom. The van der Waals surface area contributed by atoms with Crippen LogP contribution in [-0.2, 0) is 11.2 Å². The van der Waals surface area contributed by atoms with Gasteiger partial charge in [-0.1, -0.05) is 56.6 Å². The highest BCUT2D eigenvalue weighted by atomic mass is 35.5. The molecule has 8 nitrogen and oxygen atoms in total. The Morgan fingerprint density at radius 2 is 1.97 bits per heavy atom. The molecule has 0 aliphatic carbocycles. The van der Waals surface area contributed by atoms with Crippen molar-refractivity contribution in [3.8, 4) is 5.69 Å². The van der Waals surface area contributed by atoms with Crippen LogP contribution < -0.4 is 15.5 Å². The molecule has 3 heterocycles. The number of amides is 1. The summed E-state index contributed by atoms with van der Waals surface area (Å²) in [5.41, 5.74) is 1.99. The number of anilines is 2. The Labute approximate surface area is 223 Å². The molecule has 2 aromatic heterocycles. The van der Waals surface area contributed by atoms with Crippen molar-refractivity contribution in [2.75, 3.05) is 43.0 Å². The number of halogens is 1. The van der Waals surface area contributed by atoms with Gasteiger partial charge in [0, 0.05) is 39.3 Å². The second kappa shape index (κ2) is 11.3. The van der Waals surface area contributed by atoms with Crippen LogP contribution in [0.2, 0.25) is 5.02 Å². The van der Waals surface area contributed by atoms with Crippen LogP contribution in [0.15, 0.2) is 47.8 Å². The molecule has 0 radical (unpaired) electrons. The van der Waals surface area contributed by atoms with Gasteiger partial charge in [0.05, 0.1) is 16.1 Å². The van der Waals surface area contributed by atoms with E-state index in [9.17, 15) is 9.59 Å². The maximum absolute atomic E-state index is 13.7. The summed E-state index contributed by atoms with van der Waals surface area (Å²) in [6, 6.07) is 9.72. The fraction of sp³-hybridized carbons (Fsp3) is 0.429. The van der Waals surface area contributed by atoms with Crippen molar-refractivity contribution in [2.45, 2.75) is 46.1 Å². The van der Waals surface area contributed by atoms with Gasteiger partial charge in [-0.15, -0.1) is 0 Å². The normalized spacial score (nSPS) is 15.8. The molecule has 0 N–H and O–H groups in total. The van der Waals surface area contributed by atoms with Crippen molar-refractivity contribution in [3.05, 3.63) is 64.1 Å². The molecule has 9 heteroatoms. The van der Waals surface area contributed by atoms with E-state index in [2.05, 4.69) is 30.3 Å². The van der Waals surface area contributed by atoms with E-state index >= 15 is 0 Å². The zero-order valence-electron chi connectivity index (χ0n) is 22.1. The zero-order chi connectivity index (χ0) is 26.7. The minimum Gasteiger partial charge on any atom is -0.358 e. The number of fused-ring (bicyclic) bond motifs is 1. The van der Waals surface area contributed by atoms with Gasteiger partial charge in [0.1, 0.15) is 11.6 Å². The Bertz CT molecular complexity index is 1370. The largest absolute Gasteiger partial charge is 0.358 e. The van der Waals surface area contributed by atoms with Gasteiger partial charge in [-0.25, -0.2) is 14.3 Å². The maximum Gasteiger partial charge on any atom is 0.355 e. The van der Waals surface area contributed by atoms with Crippen molar-refractivity contribution >= 4 is 40.2 Å². The predicted molar refractivity (Wildman–Crippen MR) is 151 cm³/mol. The van der Waals surface area contributed by atoms with Crippen LogP contribution in [-0.4, -0.2) is 64.6 Å². The standard InChI is InChI=1S/C28H35ClN6O2/c1-6-11-20-12-9-10-13-23(20)35-26-21(17-22(29)27(30-26)32(5)14-7-2)25(31-28(35)37)34-16-15-33(18-19(34)4)24(36)8-3/h8-10,12-13,17,19H,3,6-7,11,14-16,18H2,1-2,4-5H3/t19-/m0/s1. The van der Waals surface area contributed by atoms with Gasteiger partial charge < -0.3 is 14.7 Å². The van der Waals surface area contributed by atoms with Gasteiger partial charge in [0.25, 0.3) is 0 Å². The molecule has 196 valence electrons. The van der Waals surface area contributed by atoms with E-state index in [0.717, 1.165) is 37.1 Å². The van der Waals surface area contributed by atoms with E-state index in [-0.39, 0.29) is 17.6 Å². The number of rotatable bonds is 8. The van der Waals surface area contributed by atoms with Crippen LogP contribution in [0.4, 0.5) is 11.6 Å². The summed E-state index contributed by atoms with van der Waals surface area (Å²) < 4.78 is 1.62. The fourth-order valence-corrected chi connectivity index (χ4v) is 5.35. The quantitative estimate of drug-likeness (QED) is 0.407. The van der Waals surface area contributed by atoms with E-state index in [0.29, 0.717) is 47.3 Å². The molecule has 1 atom stereocenters. The summed E-state index contributed by atoms with van der Waals surface area (Å²) in [4.78, 5) is 41.4. The molecule has 0 bridgehead atoms. The molecule has 0 spiro atoms. The molecule has 1 saturated heterocycles. The number of carbonyl (C=O) groups is 1. The SMILES string of the molecule is C=CC(=O)N1CCN(c2nc(=O)n(-c3ccccc3CCC)c3nc(N(C)CCC)c(Cl)cc23)[C@@H](C)C1. The molecule has 0 unspecified atom stereocenters. The number of benzene rings is 1. The van der Waals surface area contributed by atoms with Gasteiger partial charge in [0.2, 0.25) is 5.91 Å². The van der Waals surface area contributed by atoms with Crippen LogP contribution in [0.25, 0.3) is 16.7 Å². The highest BCUT2D eigenvalue weighted by Gasteiger charge is 2.30. The van der Waals surface area contributed by atoms with E-state index in [1.54, 1.807) is 9.47 Å². The van der Waals surface area contributed by atoms with Crippen molar-refractivity contribution < 1.29 is 4.79 Å². The fourth-order valence-electron chi connectivity index (χ4n) is 5.05. The third kappa shape index (κ3) is 5.21. The number of piperazine rings is 1. The number of hydrogen-bond donors (Lipinski definition) is 0. The van der Waals surface area contributed by atoms with Crippen LogP contribution in [0.5, 0.6) is 0 Å². The van der Waals surface area contributed by atoms with E-state index in [1.807, 2.05) is 49.2 Å². The van der Waals surface area contributed by atoms with Gasteiger partial charge in [0.15, 0.2) is 5.65 Å². The number of aryl methyl sites for hydroxylation is 1. The molecule has 1 aliphatic heterocycles. The number of carbonyl (C=O) groups excluding carboxylic acids is 1. The minimum absolute atomic E-state index is 0.0582. The summed E-state index contributed by atoms with van der Waals surface area (Å²) in [6.07, 6.45) is 4.05. The van der Waals surface area contributed by atoms with Crippen molar-refractivity contribution in [1.29, 1.82) is 0 Å². The molecule has 3 aromatic rings. The summed E-state index contributed by atoms with van der Waals surface area (Å²) >= 11 is 6.78. The molecule has 0 saturated carbocycles. The number of para-hydroxylation sites is 1. The average molecular weight is 523 g/mol. The monoisotopic (exact) mass is 522 g/mol. The first-order valence-corrected chi connectivity index (χ1v) is 13.3. The average Bonchev–Trinajstić information content (AvgIpc) is 2.88. The smallest absolute Gasteiger partial charge is 0.355 e. The highest BCUT2D eigenvalue weighted by Crippen LogP contribution is 2.33. The van der Waals surface area contributed by atoms with E-state index < -0.39 is 0 Å². The minimum atomic E-state index is -0.387. The van der Waals surface area contributed by atoms with E-state index in [4.69, 9.17) is 16.6 Å². The van der Waals surface area contributed by atoms with E-state index in [1.165, 1.54) is 6.08 Å². The molecule has 37 heavy (non-hydrogen) atoms. The lowest BCUT2D eigenvalue weighted by atomic mass is 10.1. The predicted octanol–water partition coefficient (Wildman–Crippen LogP) is 4.46. The molecule has 1 fully saturated rings. The van der Waals surface area contributed by atoms with Gasteiger partial charge >= 0.3 is 5.69 Å². The van der Waals surface area contributed by atoms with Crippen LogP contribution >= 0.6 is 11.6 Å². The topological polar surface area (TPSA) is 74.6 Å². The Balaban J connectivity index is 1.95. The first-order chi connectivity index (χ1) is 17.8. The third-order valence-electron chi connectivity index (χ3n) is 6.84. The lowest BCUT2D eigenvalue weighted by Gasteiger charge is -2.40. The van der Waals surface area contributed by atoms with Crippen molar-refractivity contribution in [1.82, 2.24) is 19.4 Å². The molecule has 1 aliphatic rings. The summed E-state index contributed by atoms with van der Waals surface area (Å²) in [7, 11) is 1.96. The number of nitrogens with zero attached hydrogens (tertiary/aromatic N) is 6. The van der Waals surface area contributed by atoms with Crippen LogP contribution in [0, 0.1) is 0 Å². The molecule has 1 amide bonds. The molecular formula is C28H35ClN6O2. The third-order valence-corrected chi connectivity index (χ3v) is 7.12. The van der Waals surface area contributed by atoms with Gasteiger partial charge in [-0.2, -0.15) is 4.98 Å². The van der Waals surface area contributed by atoms with Crippen molar-refractivity contribution in [3.63, 3.8) is 0 Å². The lowest BCUT2D eigenvalue weighted by Crippen LogP contribution is -2.54. The summed E-state index contributed by atoms with van der Waals surface area (Å²) in [6.45, 7) is 12.2. The van der Waals surface area contributed by atoms with Crippen LogP contribution in [0.1, 0.15) is 39.2 Å². The molecule has 4 rings (SSSR count).